The molecule has 1 aromatic rings. The van der Waals surface area contributed by atoms with E-state index < -0.39 is 0 Å². The smallest absolute Gasteiger partial charge is 0.165 e. The van der Waals surface area contributed by atoms with E-state index in [1.54, 1.807) is 7.11 Å². The summed E-state index contributed by atoms with van der Waals surface area (Å²) in [6.45, 7) is 10.8. The number of hydrogen-bond donors (Lipinski definition) is 0. The minimum atomic E-state index is 0.478. The van der Waals surface area contributed by atoms with Crippen LogP contribution >= 0.6 is 0 Å². The number of rotatable bonds is 8. The molecule has 1 aliphatic heterocycles. The van der Waals surface area contributed by atoms with Crippen LogP contribution in [-0.4, -0.2) is 56.2 Å². The Hall–Kier alpha value is -1.77. The predicted molar refractivity (Wildman–Crippen MR) is 95.3 cm³/mol. The van der Waals surface area contributed by atoms with Crippen LogP contribution in [0.3, 0.4) is 0 Å². The molecule has 0 bridgehead atoms. The van der Waals surface area contributed by atoms with Gasteiger partial charge < -0.3 is 9.47 Å². The van der Waals surface area contributed by atoms with Crippen LogP contribution in [0.2, 0.25) is 0 Å². The third kappa shape index (κ3) is 5.40. The van der Waals surface area contributed by atoms with Crippen molar-refractivity contribution in [1.29, 1.82) is 5.26 Å². The molecule has 0 aliphatic carbocycles. The zero-order chi connectivity index (χ0) is 17.4. The molecule has 132 valence electrons. The summed E-state index contributed by atoms with van der Waals surface area (Å²) in [6, 6.07) is 8.33. The first-order valence-corrected chi connectivity index (χ1v) is 8.74. The van der Waals surface area contributed by atoms with Crippen LogP contribution in [-0.2, 0) is 6.54 Å². The van der Waals surface area contributed by atoms with Gasteiger partial charge in [-0.1, -0.05) is 26.0 Å². The molecule has 1 aromatic carbocycles. The molecule has 0 spiro atoms. The third-order valence-electron chi connectivity index (χ3n) is 4.24. The Morgan fingerprint density at radius 2 is 1.88 bits per heavy atom. The number of piperazine rings is 1. The Labute approximate surface area is 145 Å². The summed E-state index contributed by atoms with van der Waals surface area (Å²) in [6.07, 6.45) is 0.614. The molecule has 1 fully saturated rings. The zero-order valence-electron chi connectivity index (χ0n) is 15.1. The normalized spacial score (nSPS) is 16.1. The van der Waals surface area contributed by atoms with Crippen molar-refractivity contribution in [2.24, 2.45) is 5.92 Å². The number of benzene rings is 1. The van der Waals surface area contributed by atoms with E-state index in [-0.39, 0.29) is 0 Å². The average molecular weight is 331 g/mol. The Bertz CT molecular complexity index is 546. The molecule has 1 heterocycles. The molecule has 0 atom stereocenters. The molecule has 0 aromatic heterocycles. The van der Waals surface area contributed by atoms with Gasteiger partial charge in [-0.2, -0.15) is 5.26 Å². The molecule has 1 aliphatic rings. The van der Waals surface area contributed by atoms with Crippen LogP contribution < -0.4 is 9.47 Å². The fourth-order valence-electron chi connectivity index (χ4n) is 2.88. The highest BCUT2D eigenvalue weighted by molar-refractivity contribution is 5.46. The maximum Gasteiger partial charge on any atom is 0.165 e. The van der Waals surface area contributed by atoms with Crippen LogP contribution in [0.1, 0.15) is 25.8 Å². The molecular weight excluding hydrogens is 302 g/mol. The summed E-state index contributed by atoms with van der Waals surface area (Å²) in [5, 5.41) is 8.70. The molecular formula is C19H29N3O2. The Balaban J connectivity index is 1.98. The quantitative estimate of drug-likeness (QED) is 0.733. The average Bonchev–Trinajstić information content (AvgIpc) is 2.59. The number of nitriles is 1. The topological polar surface area (TPSA) is 48.7 Å². The van der Waals surface area contributed by atoms with Gasteiger partial charge in [-0.3, -0.25) is 9.80 Å². The van der Waals surface area contributed by atoms with E-state index in [0.29, 0.717) is 18.9 Å². The monoisotopic (exact) mass is 331 g/mol. The van der Waals surface area contributed by atoms with Gasteiger partial charge in [-0.25, -0.2) is 0 Å². The van der Waals surface area contributed by atoms with E-state index >= 15 is 0 Å². The van der Waals surface area contributed by atoms with Crippen molar-refractivity contribution in [2.45, 2.75) is 26.8 Å². The first-order chi connectivity index (χ1) is 11.6. The maximum absolute atomic E-state index is 8.70. The van der Waals surface area contributed by atoms with Crippen LogP contribution in [0, 0.1) is 17.2 Å². The maximum atomic E-state index is 8.70. The first kappa shape index (κ1) is 18.6. The molecule has 2 rings (SSSR count). The van der Waals surface area contributed by atoms with Gasteiger partial charge in [0, 0.05) is 51.3 Å². The van der Waals surface area contributed by atoms with Crippen molar-refractivity contribution in [3.63, 3.8) is 0 Å². The number of methoxy groups -OCH3 is 1. The second-order valence-corrected chi connectivity index (χ2v) is 6.68. The van der Waals surface area contributed by atoms with Crippen molar-refractivity contribution in [3.05, 3.63) is 23.8 Å². The number of ether oxygens (including phenoxy) is 2. The van der Waals surface area contributed by atoms with Gasteiger partial charge in [0.05, 0.1) is 19.8 Å². The Kier molecular flexibility index (Phi) is 7.36. The third-order valence-corrected chi connectivity index (χ3v) is 4.24. The van der Waals surface area contributed by atoms with Gasteiger partial charge in [-0.05, 0) is 12.0 Å². The van der Waals surface area contributed by atoms with E-state index in [1.165, 1.54) is 5.56 Å². The fraction of sp³-hybridized carbons (Fsp3) is 0.632. The molecule has 0 N–H and O–H groups in total. The fourth-order valence-corrected chi connectivity index (χ4v) is 2.88. The second kappa shape index (κ2) is 9.51. The van der Waals surface area contributed by atoms with Gasteiger partial charge >= 0.3 is 0 Å². The standard InChI is InChI=1S/C19H29N3O2/c1-16(2)15-24-19-17(6-4-7-18(19)23-3)14-22-12-10-21(11-13-22)9-5-8-20/h4,6-7,16H,5,9-15H2,1-3H3. The van der Waals surface area contributed by atoms with Gasteiger partial charge in [0.2, 0.25) is 0 Å². The lowest BCUT2D eigenvalue weighted by Gasteiger charge is -2.34. The van der Waals surface area contributed by atoms with Crippen molar-refractivity contribution >= 4 is 0 Å². The van der Waals surface area contributed by atoms with E-state index in [0.717, 1.165) is 50.8 Å². The zero-order valence-corrected chi connectivity index (χ0v) is 15.1. The number of hydrogen-bond acceptors (Lipinski definition) is 5. The second-order valence-electron chi connectivity index (χ2n) is 6.68. The highest BCUT2D eigenvalue weighted by Gasteiger charge is 2.19. The summed E-state index contributed by atoms with van der Waals surface area (Å²) in [5.74, 6) is 2.16. The van der Waals surface area contributed by atoms with Crippen LogP contribution in [0.15, 0.2) is 18.2 Å². The van der Waals surface area contributed by atoms with Crippen LogP contribution in [0.4, 0.5) is 0 Å². The molecule has 0 unspecified atom stereocenters. The van der Waals surface area contributed by atoms with Crippen molar-refractivity contribution in [1.82, 2.24) is 9.80 Å². The molecule has 0 radical (unpaired) electrons. The van der Waals surface area contributed by atoms with Gasteiger partial charge in [-0.15, -0.1) is 0 Å². The molecule has 0 saturated carbocycles. The highest BCUT2D eigenvalue weighted by Crippen LogP contribution is 2.32. The summed E-state index contributed by atoms with van der Waals surface area (Å²) >= 11 is 0. The predicted octanol–water partition coefficient (Wildman–Crippen LogP) is 2.76. The lowest BCUT2D eigenvalue weighted by atomic mass is 10.1. The molecule has 24 heavy (non-hydrogen) atoms. The SMILES string of the molecule is COc1cccc(CN2CCN(CCC#N)CC2)c1OCC(C)C. The van der Waals surface area contributed by atoms with E-state index in [2.05, 4.69) is 35.8 Å². The Morgan fingerprint density at radius 3 is 2.50 bits per heavy atom. The summed E-state index contributed by atoms with van der Waals surface area (Å²) in [5.41, 5.74) is 1.18. The van der Waals surface area contributed by atoms with Gasteiger partial charge in [0.25, 0.3) is 0 Å². The molecule has 5 nitrogen and oxygen atoms in total. The van der Waals surface area contributed by atoms with Gasteiger partial charge in [0.15, 0.2) is 11.5 Å². The molecule has 1 saturated heterocycles. The summed E-state index contributed by atoms with van der Waals surface area (Å²) in [4.78, 5) is 4.81. The molecule has 0 amide bonds. The number of nitrogens with zero attached hydrogens (tertiary/aromatic N) is 3. The van der Waals surface area contributed by atoms with Gasteiger partial charge in [0.1, 0.15) is 0 Å². The Morgan fingerprint density at radius 1 is 1.17 bits per heavy atom. The first-order valence-electron chi connectivity index (χ1n) is 8.74. The lowest BCUT2D eigenvalue weighted by Crippen LogP contribution is -2.46. The van der Waals surface area contributed by atoms with Crippen LogP contribution in [0.5, 0.6) is 11.5 Å². The van der Waals surface area contributed by atoms with E-state index in [9.17, 15) is 0 Å². The van der Waals surface area contributed by atoms with E-state index in [1.807, 2.05) is 12.1 Å². The molecule has 5 heteroatoms. The van der Waals surface area contributed by atoms with Crippen molar-refractivity contribution in [2.75, 3.05) is 46.4 Å². The summed E-state index contributed by atoms with van der Waals surface area (Å²) in [7, 11) is 1.69. The van der Waals surface area contributed by atoms with Crippen molar-refractivity contribution < 1.29 is 9.47 Å². The highest BCUT2D eigenvalue weighted by atomic mass is 16.5. The minimum Gasteiger partial charge on any atom is -0.493 e. The largest absolute Gasteiger partial charge is 0.493 e. The summed E-state index contributed by atoms with van der Waals surface area (Å²) < 4.78 is 11.5. The minimum absolute atomic E-state index is 0.478. The van der Waals surface area contributed by atoms with Crippen LogP contribution in [0.25, 0.3) is 0 Å². The van der Waals surface area contributed by atoms with Crippen molar-refractivity contribution in [3.8, 4) is 17.6 Å². The lowest BCUT2D eigenvalue weighted by molar-refractivity contribution is 0.127. The van der Waals surface area contributed by atoms with E-state index in [4.69, 9.17) is 14.7 Å². The number of para-hydroxylation sites is 1.